The van der Waals surface area contributed by atoms with Gasteiger partial charge in [-0.25, -0.2) is 0 Å². The SMILES string of the molecule is CCC(=O)NC(C(=O)NC1CC(C2CCC2)C1)c1ccccc1. The molecule has 0 saturated heterocycles. The number of rotatable bonds is 6. The molecular weight excluding hydrogens is 288 g/mol. The summed E-state index contributed by atoms with van der Waals surface area (Å²) in [5.74, 6) is 1.51. The van der Waals surface area contributed by atoms with E-state index in [9.17, 15) is 9.59 Å². The van der Waals surface area contributed by atoms with Crippen molar-refractivity contribution in [2.24, 2.45) is 11.8 Å². The zero-order chi connectivity index (χ0) is 16.2. The normalized spacial score (nSPS) is 24.9. The Balaban J connectivity index is 1.58. The minimum Gasteiger partial charge on any atom is -0.351 e. The fraction of sp³-hybridized carbons (Fsp3) is 0.579. The van der Waals surface area contributed by atoms with Crippen molar-refractivity contribution in [1.29, 1.82) is 0 Å². The summed E-state index contributed by atoms with van der Waals surface area (Å²) in [6, 6.07) is 9.16. The fourth-order valence-electron chi connectivity index (χ4n) is 3.57. The molecule has 2 aliphatic rings. The molecule has 2 fully saturated rings. The molecule has 2 aliphatic carbocycles. The number of benzene rings is 1. The van der Waals surface area contributed by atoms with Crippen molar-refractivity contribution in [3.05, 3.63) is 35.9 Å². The van der Waals surface area contributed by atoms with E-state index in [1.165, 1.54) is 19.3 Å². The lowest BCUT2D eigenvalue weighted by Crippen LogP contribution is -2.51. The van der Waals surface area contributed by atoms with E-state index in [1.54, 1.807) is 6.92 Å². The molecule has 0 radical (unpaired) electrons. The van der Waals surface area contributed by atoms with E-state index in [1.807, 2.05) is 30.3 Å². The third kappa shape index (κ3) is 3.74. The summed E-state index contributed by atoms with van der Waals surface area (Å²) in [6.07, 6.45) is 6.68. The van der Waals surface area contributed by atoms with Crippen LogP contribution in [0.15, 0.2) is 30.3 Å². The van der Waals surface area contributed by atoms with E-state index in [0.717, 1.165) is 30.2 Å². The predicted molar refractivity (Wildman–Crippen MR) is 89.6 cm³/mol. The smallest absolute Gasteiger partial charge is 0.247 e. The maximum Gasteiger partial charge on any atom is 0.247 e. The zero-order valence-electron chi connectivity index (χ0n) is 13.8. The first-order valence-electron chi connectivity index (χ1n) is 8.82. The molecule has 1 aromatic carbocycles. The molecule has 1 atom stereocenters. The second-order valence-electron chi connectivity index (χ2n) is 6.89. The van der Waals surface area contributed by atoms with Crippen molar-refractivity contribution in [2.75, 3.05) is 0 Å². The lowest BCUT2D eigenvalue weighted by atomic mass is 9.65. The number of amides is 2. The van der Waals surface area contributed by atoms with E-state index in [-0.39, 0.29) is 17.9 Å². The molecule has 0 spiro atoms. The van der Waals surface area contributed by atoms with Gasteiger partial charge in [0.1, 0.15) is 6.04 Å². The minimum atomic E-state index is -0.591. The van der Waals surface area contributed by atoms with E-state index in [4.69, 9.17) is 0 Å². The first-order chi connectivity index (χ1) is 11.2. The Morgan fingerprint density at radius 2 is 1.83 bits per heavy atom. The van der Waals surface area contributed by atoms with Crippen molar-refractivity contribution in [3.8, 4) is 0 Å². The van der Waals surface area contributed by atoms with E-state index < -0.39 is 6.04 Å². The van der Waals surface area contributed by atoms with Gasteiger partial charge in [0.2, 0.25) is 11.8 Å². The number of hydrogen-bond donors (Lipinski definition) is 2. The molecule has 0 heterocycles. The Bertz CT molecular complexity index is 548. The lowest BCUT2D eigenvalue weighted by molar-refractivity contribution is -0.130. The van der Waals surface area contributed by atoms with Crippen LogP contribution in [0.2, 0.25) is 0 Å². The fourth-order valence-corrected chi connectivity index (χ4v) is 3.57. The van der Waals surface area contributed by atoms with Gasteiger partial charge in [-0.2, -0.15) is 0 Å². The highest BCUT2D eigenvalue weighted by Gasteiger charge is 2.38. The monoisotopic (exact) mass is 314 g/mol. The van der Waals surface area contributed by atoms with Gasteiger partial charge < -0.3 is 10.6 Å². The zero-order valence-corrected chi connectivity index (χ0v) is 13.8. The highest BCUT2D eigenvalue weighted by Crippen LogP contribution is 2.43. The van der Waals surface area contributed by atoms with Gasteiger partial charge in [0.15, 0.2) is 0 Å². The van der Waals surface area contributed by atoms with Crippen molar-refractivity contribution < 1.29 is 9.59 Å². The summed E-state index contributed by atoms with van der Waals surface area (Å²) in [6.45, 7) is 1.80. The Morgan fingerprint density at radius 1 is 1.13 bits per heavy atom. The quantitative estimate of drug-likeness (QED) is 0.848. The summed E-state index contributed by atoms with van der Waals surface area (Å²) in [7, 11) is 0. The van der Waals surface area contributed by atoms with Crippen LogP contribution in [0.25, 0.3) is 0 Å². The van der Waals surface area contributed by atoms with Gasteiger partial charge >= 0.3 is 0 Å². The Labute approximate surface area is 138 Å². The number of hydrogen-bond acceptors (Lipinski definition) is 2. The summed E-state index contributed by atoms with van der Waals surface area (Å²) < 4.78 is 0. The molecule has 1 unspecified atom stereocenters. The predicted octanol–water partition coefficient (Wildman–Crippen LogP) is 2.95. The molecule has 23 heavy (non-hydrogen) atoms. The standard InChI is InChI=1S/C19H26N2O2/c1-2-17(22)21-18(14-7-4-3-5-8-14)19(23)20-16-11-15(12-16)13-9-6-10-13/h3-5,7-8,13,15-16,18H,2,6,9-12H2,1H3,(H,20,23)(H,21,22). The van der Waals surface area contributed by atoms with Crippen LogP contribution in [0.4, 0.5) is 0 Å². The Kier molecular flexibility index (Phi) is 4.99. The summed E-state index contributed by atoms with van der Waals surface area (Å²) >= 11 is 0. The van der Waals surface area contributed by atoms with Crippen LogP contribution in [0.3, 0.4) is 0 Å². The molecule has 1 aromatic rings. The van der Waals surface area contributed by atoms with Gasteiger partial charge in [0.05, 0.1) is 0 Å². The van der Waals surface area contributed by atoms with Crippen LogP contribution >= 0.6 is 0 Å². The van der Waals surface area contributed by atoms with Crippen molar-refractivity contribution in [2.45, 2.75) is 57.5 Å². The molecule has 2 N–H and O–H groups in total. The van der Waals surface area contributed by atoms with E-state index in [0.29, 0.717) is 6.42 Å². The Hall–Kier alpha value is -1.84. The molecule has 2 saturated carbocycles. The molecule has 0 aromatic heterocycles. The molecule has 0 bridgehead atoms. The van der Waals surface area contributed by atoms with Crippen LogP contribution in [0.5, 0.6) is 0 Å². The second kappa shape index (κ2) is 7.16. The minimum absolute atomic E-state index is 0.0879. The average molecular weight is 314 g/mol. The lowest BCUT2D eigenvalue weighted by Gasteiger charge is -2.44. The maximum absolute atomic E-state index is 12.6. The summed E-state index contributed by atoms with van der Waals surface area (Å²) in [5.41, 5.74) is 0.835. The van der Waals surface area contributed by atoms with Gasteiger partial charge in [0, 0.05) is 12.5 Å². The van der Waals surface area contributed by atoms with Crippen LogP contribution in [0, 0.1) is 11.8 Å². The van der Waals surface area contributed by atoms with Crippen LogP contribution < -0.4 is 10.6 Å². The second-order valence-corrected chi connectivity index (χ2v) is 6.89. The average Bonchev–Trinajstić information content (AvgIpc) is 2.49. The van der Waals surface area contributed by atoms with E-state index >= 15 is 0 Å². The van der Waals surface area contributed by atoms with Crippen molar-refractivity contribution >= 4 is 11.8 Å². The summed E-state index contributed by atoms with van der Waals surface area (Å²) in [5, 5.41) is 5.97. The topological polar surface area (TPSA) is 58.2 Å². The van der Waals surface area contributed by atoms with Crippen LogP contribution in [-0.4, -0.2) is 17.9 Å². The van der Waals surface area contributed by atoms with E-state index in [2.05, 4.69) is 10.6 Å². The number of carbonyl (C=O) groups is 2. The molecule has 2 amide bonds. The highest BCUT2D eigenvalue weighted by molar-refractivity contribution is 5.88. The van der Waals surface area contributed by atoms with Gasteiger partial charge in [-0.15, -0.1) is 0 Å². The molecule has 4 nitrogen and oxygen atoms in total. The maximum atomic E-state index is 12.6. The van der Waals surface area contributed by atoms with Gasteiger partial charge in [0.25, 0.3) is 0 Å². The largest absolute Gasteiger partial charge is 0.351 e. The third-order valence-corrected chi connectivity index (χ3v) is 5.36. The molecule has 4 heteroatoms. The van der Waals surface area contributed by atoms with Gasteiger partial charge in [-0.3, -0.25) is 9.59 Å². The molecule has 124 valence electrons. The molecule has 0 aliphatic heterocycles. The van der Waals surface area contributed by atoms with Crippen molar-refractivity contribution in [1.82, 2.24) is 10.6 Å². The first kappa shape index (κ1) is 16.0. The first-order valence-corrected chi connectivity index (χ1v) is 8.82. The molecular formula is C19H26N2O2. The highest BCUT2D eigenvalue weighted by atomic mass is 16.2. The van der Waals surface area contributed by atoms with Gasteiger partial charge in [-0.05, 0) is 30.2 Å². The van der Waals surface area contributed by atoms with Crippen molar-refractivity contribution in [3.63, 3.8) is 0 Å². The Morgan fingerprint density at radius 3 is 2.39 bits per heavy atom. The third-order valence-electron chi connectivity index (χ3n) is 5.36. The van der Waals surface area contributed by atoms with Crippen LogP contribution in [-0.2, 0) is 9.59 Å². The molecule has 3 rings (SSSR count). The van der Waals surface area contributed by atoms with Gasteiger partial charge in [-0.1, -0.05) is 56.5 Å². The van der Waals surface area contributed by atoms with Crippen LogP contribution in [0.1, 0.15) is 57.1 Å². The number of carbonyl (C=O) groups excluding carboxylic acids is 2. The number of nitrogens with one attached hydrogen (secondary N) is 2. The summed E-state index contributed by atoms with van der Waals surface area (Å²) in [4.78, 5) is 24.4.